The van der Waals surface area contributed by atoms with Gasteiger partial charge in [0.05, 0.1) is 34.4 Å². The third kappa shape index (κ3) is 3.85. The number of imidazole rings is 1. The number of aromatic nitrogens is 6. The fourth-order valence-electron chi connectivity index (χ4n) is 2.89. The lowest BCUT2D eigenvalue weighted by Crippen LogP contribution is -2.35. The highest BCUT2D eigenvalue weighted by molar-refractivity contribution is 5.79. The molecular weight excluding hydrogens is 370 g/mol. The van der Waals surface area contributed by atoms with Gasteiger partial charge in [-0.1, -0.05) is 12.1 Å². The van der Waals surface area contributed by atoms with Crippen molar-refractivity contribution in [3.05, 3.63) is 52.4 Å². The van der Waals surface area contributed by atoms with E-state index in [2.05, 4.69) is 35.5 Å². The molecule has 0 unspecified atom stereocenters. The van der Waals surface area contributed by atoms with E-state index in [9.17, 15) is 9.90 Å². The number of hydrogen-bond acceptors (Lipinski definition) is 7. The van der Waals surface area contributed by atoms with E-state index in [1.165, 1.54) is 0 Å². The molecule has 3 aromatic heterocycles. The predicted octanol–water partition coefficient (Wildman–Crippen LogP) is 2.26. The van der Waals surface area contributed by atoms with Crippen molar-refractivity contribution < 1.29 is 5.11 Å². The van der Waals surface area contributed by atoms with Gasteiger partial charge in [-0.15, -0.1) is 0 Å². The number of anilines is 1. The molecule has 1 aromatic carbocycles. The van der Waals surface area contributed by atoms with Crippen LogP contribution in [0.2, 0.25) is 0 Å². The van der Waals surface area contributed by atoms with Crippen molar-refractivity contribution in [1.29, 1.82) is 0 Å². The minimum absolute atomic E-state index is 0.0766. The van der Waals surface area contributed by atoms with Gasteiger partial charge in [-0.05, 0) is 45.0 Å². The van der Waals surface area contributed by atoms with Crippen LogP contribution in [0.25, 0.3) is 33.8 Å². The maximum atomic E-state index is 12.4. The molecule has 0 bridgehead atoms. The van der Waals surface area contributed by atoms with E-state index in [-0.39, 0.29) is 12.2 Å². The van der Waals surface area contributed by atoms with Crippen LogP contribution in [0.1, 0.15) is 19.5 Å². The van der Waals surface area contributed by atoms with Crippen LogP contribution in [0.5, 0.6) is 0 Å². The summed E-state index contributed by atoms with van der Waals surface area (Å²) in [6.45, 7) is 5.45. The van der Waals surface area contributed by atoms with Gasteiger partial charge in [0.2, 0.25) is 5.95 Å². The first-order chi connectivity index (χ1) is 13.8. The molecule has 0 aliphatic heterocycles. The molecule has 0 radical (unpaired) electrons. The molecule has 4 rings (SSSR count). The van der Waals surface area contributed by atoms with Crippen molar-refractivity contribution in [1.82, 2.24) is 30.1 Å². The number of nitrogens with one attached hydrogen (secondary N) is 3. The summed E-state index contributed by atoms with van der Waals surface area (Å²) in [4.78, 5) is 28.9. The molecule has 0 atom stereocenters. The van der Waals surface area contributed by atoms with Crippen LogP contribution in [0.15, 0.2) is 41.2 Å². The zero-order valence-electron chi connectivity index (χ0n) is 16.3. The van der Waals surface area contributed by atoms with Crippen molar-refractivity contribution in [2.45, 2.75) is 26.3 Å². The first kappa shape index (κ1) is 18.8. The number of benzene rings is 1. The molecule has 0 fully saturated rings. The lowest BCUT2D eigenvalue weighted by molar-refractivity contribution is 0.233. The van der Waals surface area contributed by atoms with E-state index in [1.54, 1.807) is 12.1 Å². The van der Waals surface area contributed by atoms with E-state index in [0.717, 1.165) is 16.7 Å². The topological polar surface area (TPSA) is 132 Å². The Morgan fingerprint density at radius 3 is 2.66 bits per heavy atom. The zero-order chi connectivity index (χ0) is 20.6. The summed E-state index contributed by atoms with van der Waals surface area (Å²) in [5.74, 6) is 0.832. The molecule has 9 nitrogen and oxygen atoms in total. The number of hydrogen-bond donors (Lipinski definition) is 4. The van der Waals surface area contributed by atoms with Gasteiger partial charge >= 0.3 is 0 Å². The van der Waals surface area contributed by atoms with Crippen molar-refractivity contribution in [3.8, 4) is 22.8 Å². The van der Waals surface area contributed by atoms with E-state index in [4.69, 9.17) is 0 Å². The second-order valence-electron chi connectivity index (χ2n) is 7.48. The van der Waals surface area contributed by atoms with Crippen LogP contribution in [-0.4, -0.2) is 47.4 Å². The molecule has 29 heavy (non-hydrogen) atoms. The number of fused-ring (bicyclic) bond motifs is 1. The van der Waals surface area contributed by atoms with Crippen LogP contribution in [0.3, 0.4) is 0 Å². The number of aliphatic hydroxyl groups is 1. The summed E-state index contributed by atoms with van der Waals surface area (Å²) < 4.78 is 0. The first-order valence-electron chi connectivity index (χ1n) is 9.14. The number of rotatable bonds is 5. The van der Waals surface area contributed by atoms with Crippen LogP contribution in [-0.2, 0) is 0 Å². The van der Waals surface area contributed by atoms with Gasteiger partial charge in [-0.25, -0.2) is 20.1 Å². The molecular formula is C20H21N7O2. The standard InChI is InChI=1S/C20H21N7O2/c1-11-8-15(24-19(21-11)25-20(2,3)10-28)16-9-12(18(29)27-26-16)17-22-13-6-4-5-7-14(13)23-17/h4-9,28H,10H2,1-3H3,(H,22,23)(H,27,29)(H,21,24,25). The summed E-state index contributed by atoms with van der Waals surface area (Å²) in [5.41, 5.74) is 2.81. The molecule has 9 heteroatoms. The Kier molecular flexibility index (Phi) is 4.59. The molecule has 148 valence electrons. The second-order valence-corrected chi connectivity index (χ2v) is 7.48. The number of H-pyrrole nitrogens is 2. The summed E-state index contributed by atoms with van der Waals surface area (Å²) >= 11 is 0. The first-order valence-corrected chi connectivity index (χ1v) is 9.14. The molecule has 0 saturated carbocycles. The third-order valence-electron chi connectivity index (χ3n) is 4.41. The largest absolute Gasteiger partial charge is 0.394 e. The van der Waals surface area contributed by atoms with Gasteiger partial charge in [-0.3, -0.25) is 4.79 Å². The minimum atomic E-state index is -0.580. The lowest BCUT2D eigenvalue weighted by atomic mass is 10.1. The van der Waals surface area contributed by atoms with Crippen LogP contribution in [0.4, 0.5) is 5.95 Å². The minimum Gasteiger partial charge on any atom is -0.394 e. The van der Waals surface area contributed by atoms with Gasteiger partial charge in [0.1, 0.15) is 11.5 Å². The van der Waals surface area contributed by atoms with E-state index in [0.29, 0.717) is 28.7 Å². The average molecular weight is 391 g/mol. The Hall–Kier alpha value is -3.59. The molecule has 4 aromatic rings. The number of aryl methyl sites for hydroxylation is 1. The molecule has 0 saturated heterocycles. The zero-order valence-corrected chi connectivity index (χ0v) is 16.3. The SMILES string of the molecule is Cc1cc(-c2cc(-c3nc4ccccc4[nH]3)c(=O)[nH]n2)nc(NC(C)(C)CO)n1. The van der Waals surface area contributed by atoms with Crippen LogP contribution < -0.4 is 10.9 Å². The normalized spacial score (nSPS) is 11.7. The maximum Gasteiger partial charge on any atom is 0.275 e. The van der Waals surface area contributed by atoms with Gasteiger partial charge in [-0.2, -0.15) is 5.10 Å². The Morgan fingerprint density at radius 1 is 1.10 bits per heavy atom. The third-order valence-corrected chi connectivity index (χ3v) is 4.41. The summed E-state index contributed by atoms with van der Waals surface area (Å²) in [7, 11) is 0. The summed E-state index contributed by atoms with van der Waals surface area (Å²) in [6, 6.07) is 11.0. The smallest absolute Gasteiger partial charge is 0.275 e. The highest BCUT2D eigenvalue weighted by Gasteiger charge is 2.19. The quantitative estimate of drug-likeness (QED) is 0.410. The number of aliphatic hydroxyl groups excluding tert-OH is 1. The Labute approximate surface area is 166 Å². The fourth-order valence-corrected chi connectivity index (χ4v) is 2.89. The van der Waals surface area contributed by atoms with Gasteiger partial charge < -0.3 is 15.4 Å². The Bertz CT molecular complexity index is 1210. The highest BCUT2D eigenvalue weighted by atomic mass is 16.3. The van der Waals surface area contributed by atoms with Gasteiger partial charge in [0.25, 0.3) is 5.56 Å². The molecule has 0 aliphatic rings. The highest BCUT2D eigenvalue weighted by Crippen LogP contribution is 2.22. The van der Waals surface area contributed by atoms with Crippen molar-refractivity contribution in [3.63, 3.8) is 0 Å². The molecule has 0 amide bonds. The van der Waals surface area contributed by atoms with Crippen molar-refractivity contribution in [2.75, 3.05) is 11.9 Å². The number of aromatic amines is 2. The molecule has 4 N–H and O–H groups in total. The molecule has 0 aliphatic carbocycles. The monoisotopic (exact) mass is 391 g/mol. The Balaban J connectivity index is 1.78. The van der Waals surface area contributed by atoms with Crippen molar-refractivity contribution >= 4 is 17.0 Å². The molecule has 0 spiro atoms. The summed E-state index contributed by atoms with van der Waals surface area (Å²) in [6.07, 6.45) is 0. The maximum absolute atomic E-state index is 12.4. The van der Waals surface area contributed by atoms with Crippen LogP contribution in [0, 0.1) is 6.92 Å². The van der Waals surface area contributed by atoms with E-state index in [1.807, 2.05) is 45.0 Å². The van der Waals surface area contributed by atoms with Gasteiger partial charge in [0, 0.05) is 5.69 Å². The van der Waals surface area contributed by atoms with Gasteiger partial charge in [0.15, 0.2) is 0 Å². The average Bonchev–Trinajstić information content (AvgIpc) is 3.11. The van der Waals surface area contributed by atoms with Crippen LogP contribution >= 0.6 is 0 Å². The Morgan fingerprint density at radius 2 is 1.90 bits per heavy atom. The predicted molar refractivity (Wildman–Crippen MR) is 110 cm³/mol. The number of nitrogens with zero attached hydrogens (tertiary/aromatic N) is 4. The number of para-hydroxylation sites is 2. The van der Waals surface area contributed by atoms with E-state index >= 15 is 0 Å². The fraction of sp³-hybridized carbons (Fsp3) is 0.250. The van der Waals surface area contributed by atoms with Crippen molar-refractivity contribution in [2.24, 2.45) is 0 Å². The second kappa shape index (κ2) is 7.10. The summed E-state index contributed by atoms with van der Waals surface area (Å²) in [5, 5.41) is 19.2. The molecule has 3 heterocycles. The van der Waals surface area contributed by atoms with E-state index < -0.39 is 5.54 Å². The lowest BCUT2D eigenvalue weighted by Gasteiger charge is -2.23.